The summed E-state index contributed by atoms with van der Waals surface area (Å²) in [5, 5.41) is 0. The minimum absolute atomic E-state index is 0.0544. The number of carbonyl (C=O) groups is 1. The van der Waals surface area contributed by atoms with Crippen LogP contribution < -0.4 is 5.63 Å². The Morgan fingerprint density at radius 1 is 1.47 bits per heavy atom. The van der Waals surface area contributed by atoms with E-state index in [-0.39, 0.29) is 11.5 Å². The average molecular weight is 210 g/mol. The molecule has 0 radical (unpaired) electrons. The van der Waals surface area contributed by atoms with Crippen molar-refractivity contribution < 1.29 is 13.9 Å². The van der Waals surface area contributed by atoms with E-state index in [2.05, 4.69) is 0 Å². The maximum Gasteiger partial charge on any atom is 0.350 e. The lowest BCUT2D eigenvalue weighted by Crippen LogP contribution is -2.18. The largest absolute Gasteiger partial charge is 0.462 e. The van der Waals surface area contributed by atoms with Gasteiger partial charge in [-0.15, -0.1) is 0 Å². The van der Waals surface area contributed by atoms with Crippen molar-refractivity contribution in [2.24, 2.45) is 5.92 Å². The molecule has 0 N–H and O–H groups in total. The number of ether oxygens (including phenoxy) is 1. The summed E-state index contributed by atoms with van der Waals surface area (Å²) in [5.41, 5.74) is -0.704. The lowest BCUT2D eigenvalue weighted by molar-refractivity contribution is 0.0453. The van der Waals surface area contributed by atoms with Gasteiger partial charge in [0.1, 0.15) is 11.3 Å². The number of hydrogen-bond acceptors (Lipinski definition) is 4. The monoisotopic (exact) mass is 210 g/mol. The molecule has 0 aliphatic carbocycles. The highest BCUT2D eigenvalue weighted by Gasteiger charge is 2.13. The third kappa shape index (κ3) is 3.23. The van der Waals surface area contributed by atoms with Gasteiger partial charge in [-0.05, 0) is 25.0 Å². The van der Waals surface area contributed by atoms with Gasteiger partial charge in [-0.2, -0.15) is 0 Å². The summed E-state index contributed by atoms with van der Waals surface area (Å²) in [6.07, 6.45) is 0. The topological polar surface area (TPSA) is 56.5 Å². The fourth-order valence-electron chi connectivity index (χ4n) is 0.975. The predicted molar refractivity (Wildman–Crippen MR) is 54.8 cm³/mol. The van der Waals surface area contributed by atoms with Gasteiger partial charge in [0, 0.05) is 0 Å². The molecule has 0 saturated heterocycles. The second-order valence-corrected chi connectivity index (χ2v) is 3.74. The van der Waals surface area contributed by atoms with Crippen molar-refractivity contribution >= 4 is 5.97 Å². The fraction of sp³-hybridized carbons (Fsp3) is 0.455. The van der Waals surface area contributed by atoms with E-state index >= 15 is 0 Å². The van der Waals surface area contributed by atoms with E-state index < -0.39 is 11.6 Å². The summed E-state index contributed by atoms with van der Waals surface area (Å²) >= 11 is 0. The van der Waals surface area contributed by atoms with Crippen molar-refractivity contribution in [1.82, 2.24) is 0 Å². The predicted octanol–water partition coefficient (Wildman–Crippen LogP) is 1.76. The van der Waals surface area contributed by atoms with Crippen molar-refractivity contribution in [3.8, 4) is 0 Å². The third-order valence-corrected chi connectivity index (χ3v) is 1.73. The van der Waals surface area contributed by atoms with Crippen LogP contribution in [0.5, 0.6) is 0 Å². The zero-order valence-electron chi connectivity index (χ0n) is 9.07. The maximum atomic E-state index is 11.4. The fourth-order valence-corrected chi connectivity index (χ4v) is 0.975. The molecule has 4 nitrogen and oxygen atoms in total. The van der Waals surface area contributed by atoms with Gasteiger partial charge in [-0.25, -0.2) is 9.59 Å². The van der Waals surface area contributed by atoms with Crippen LogP contribution in [-0.4, -0.2) is 12.6 Å². The lowest BCUT2D eigenvalue weighted by atomic mass is 10.2. The number of hydrogen-bond donors (Lipinski definition) is 0. The molecule has 4 heteroatoms. The summed E-state index contributed by atoms with van der Waals surface area (Å²) in [7, 11) is 0. The molecule has 0 amide bonds. The molecule has 0 aromatic carbocycles. The Kier molecular flexibility index (Phi) is 3.66. The molecule has 1 rings (SSSR count). The van der Waals surface area contributed by atoms with Crippen LogP contribution in [0, 0.1) is 12.8 Å². The van der Waals surface area contributed by atoms with Crippen LogP contribution in [0.2, 0.25) is 0 Å². The first-order valence-corrected chi connectivity index (χ1v) is 4.78. The number of rotatable bonds is 3. The molecule has 0 aliphatic rings. The lowest BCUT2D eigenvalue weighted by Gasteiger charge is -2.05. The van der Waals surface area contributed by atoms with Crippen LogP contribution in [0.4, 0.5) is 0 Å². The molecule has 0 aliphatic heterocycles. The van der Waals surface area contributed by atoms with E-state index in [1.54, 1.807) is 13.0 Å². The van der Waals surface area contributed by atoms with Crippen molar-refractivity contribution in [2.45, 2.75) is 20.8 Å². The van der Waals surface area contributed by atoms with E-state index in [9.17, 15) is 9.59 Å². The Morgan fingerprint density at radius 3 is 2.67 bits per heavy atom. The van der Waals surface area contributed by atoms with Gasteiger partial charge in [0.25, 0.3) is 0 Å². The van der Waals surface area contributed by atoms with Crippen LogP contribution in [0.1, 0.15) is 30.0 Å². The Morgan fingerprint density at radius 2 is 2.13 bits per heavy atom. The van der Waals surface area contributed by atoms with E-state index in [4.69, 9.17) is 9.15 Å². The first-order chi connectivity index (χ1) is 7.00. The van der Waals surface area contributed by atoms with Gasteiger partial charge in [0.2, 0.25) is 0 Å². The molecule has 15 heavy (non-hydrogen) atoms. The van der Waals surface area contributed by atoms with Crippen LogP contribution in [0.15, 0.2) is 21.3 Å². The summed E-state index contributed by atoms with van der Waals surface area (Å²) in [6.45, 7) is 5.78. The van der Waals surface area contributed by atoms with Gasteiger partial charge < -0.3 is 9.15 Å². The van der Waals surface area contributed by atoms with Crippen molar-refractivity contribution in [2.75, 3.05) is 6.61 Å². The Bertz CT molecular complexity index is 403. The van der Waals surface area contributed by atoms with Crippen LogP contribution in [0.25, 0.3) is 0 Å². The SMILES string of the molecule is Cc1ccc(C(=O)OCC(C)C)c(=O)o1. The molecule has 1 aromatic heterocycles. The van der Waals surface area contributed by atoms with E-state index in [1.165, 1.54) is 6.07 Å². The van der Waals surface area contributed by atoms with Gasteiger partial charge in [0.05, 0.1) is 6.61 Å². The molecule has 0 unspecified atom stereocenters. The van der Waals surface area contributed by atoms with Gasteiger partial charge in [-0.3, -0.25) is 0 Å². The zero-order chi connectivity index (χ0) is 11.4. The smallest absolute Gasteiger partial charge is 0.350 e. The Balaban J connectivity index is 2.79. The highest BCUT2D eigenvalue weighted by atomic mass is 16.5. The number of carbonyl (C=O) groups excluding carboxylic acids is 1. The quantitative estimate of drug-likeness (QED) is 0.713. The van der Waals surface area contributed by atoms with E-state index in [1.807, 2.05) is 13.8 Å². The van der Waals surface area contributed by atoms with Gasteiger partial charge in [0.15, 0.2) is 0 Å². The first kappa shape index (κ1) is 11.5. The highest BCUT2D eigenvalue weighted by Crippen LogP contribution is 2.01. The molecule has 0 fully saturated rings. The zero-order valence-corrected chi connectivity index (χ0v) is 9.07. The molecule has 0 bridgehead atoms. The van der Waals surface area contributed by atoms with Crippen molar-refractivity contribution in [3.05, 3.63) is 33.9 Å². The Hall–Kier alpha value is -1.58. The number of esters is 1. The van der Waals surface area contributed by atoms with Gasteiger partial charge >= 0.3 is 11.6 Å². The standard InChI is InChI=1S/C11H14O4/c1-7(2)6-14-10(12)9-5-4-8(3)15-11(9)13/h4-5,7H,6H2,1-3H3. The molecule has 0 saturated carbocycles. The summed E-state index contributed by atoms with van der Waals surface area (Å²) < 4.78 is 9.69. The summed E-state index contributed by atoms with van der Waals surface area (Å²) in [5.74, 6) is 0.0873. The van der Waals surface area contributed by atoms with Gasteiger partial charge in [-0.1, -0.05) is 13.8 Å². The van der Waals surface area contributed by atoms with E-state index in [0.29, 0.717) is 12.4 Å². The Labute approximate surface area is 87.9 Å². The molecule has 82 valence electrons. The van der Waals surface area contributed by atoms with E-state index in [0.717, 1.165) is 0 Å². The normalized spacial score (nSPS) is 10.4. The molecule has 0 spiro atoms. The molecule has 1 aromatic rings. The maximum absolute atomic E-state index is 11.4. The number of aryl methyl sites for hydroxylation is 1. The molecular weight excluding hydrogens is 196 g/mol. The molecule has 1 heterocycles. The average Bonchev–Trinajstić information content (AvgIpc) is 2.14. The molecular formula is C11H14O4. The van der Waals surface area contributed by atoms with Crippen LogP contribution >= 0.6 is 0 Å². The van der Waals surface area contributed by atoms with Crippen LogP contribution in [-0.2, 0) is 4.74 Å². The first-order valence-electron chi connectivity index (χ1n) is 4.78. The molecule has 0 atom stereocenters. The van der Waals surface area contributed by atoms with Crippen molar-refractivity contribution in [3.63, 3.8) is 0 Å². The van der Waals surface area contributed by atoms with Crippen molar-refractivity contribution in [1.29, 1.82) is 0 Å². The minimum Gasteiger partial charge on any atom is -0.462 e. The summed E-state index contributed by atoms with van der Waals surface area (Å²) in [6, 6.07) is 2.98. The second kappa shape index (κ2) is 4.77. The minimum atomic E-state index is -0.649. The highest BCUT2D eigenvalue weighted by molar-refractivity contribution is 5.88. The second-order valence-electron chi connectivity index (χ2n) is 3.74. The summed E-state index contributed by atoms with van der Waals surface area (Å²) in [4.78, 5) is 22.7. The van der Waals surface area contributed by atoms with Crippen LogP contribution in [0.3, 0.4) is 0 Å². The third-order valence-electron chi connectivity index (χ3n) is 1.73.